The van der Waals surface area contributed by atoms with Gasteiger partial charge in [-0.3, -0.25) is 0 Å². The molecule has 2 aliphatic carbocycles. The predicted octanol–water partition coefficient (Wildman–Crippen LogP) is 23.5. The number of fused-ring (bicyclic) bond motifs is 6. The van der Waals surface area contributed by atoms with Gasteiger partial charge in [-0.2, -0.15) is 0 Å². The molecule has 6 aromatic carbocycles. The van der Waals surface area contributed by atoms with Crippen molar-refractivity contribution in [1.82, 2.24) is 0 Å². The minimum atomic E-state index is -0.425. The van der Waals surface area contributed by atoms with Crippen LogP contribution in [0.15, 0.2) is 133 Å². The van der Waals surface area contributed by atoms with Crippen molar-refractivity contribution in [3.63, 3.8) is 0 Å². The van der Waals surface area contributed by atoms with E-state index in [9.17, 15) is 0 Å². The van der Waals surface area contributed by atoms with Crippen molar-refractivity contribution in [2.24, 2.45) is 0 Å². The Labute approximate surface area is 521 Å². The molecule has 0 heterocycles. The van der Waals surface area contributed by atoms with Gasteiger partial charge >= 0.3 is 0 Å². The smallest absolute Gasteiger partial charge is 0.119 e. The Bertz CT molecular complexity index is 2580. The van der Waals surface area contributed by atoms with E-state index in [-0.39, 0.29) is 0 Å². The third-order valence-electron chi connectivity index (χ3n) is 17.1. The van der Waals surface area contributed by atoms with Crippen molar-refractivity contribution in [3.8, 4) is 33.8 Å². The summed E-state index contributed by atoms with van der Waals surface area (Å²) in [5.74, 6) is 1.88. The third-order valence-corrected chi connectivity index (χ3v) is 20.2. The minimum Gasteiger partial charge on any atom is -0.494 e. The number of hydrogen-bond donors (Lipinski definition) is 0. The average molecular weight is 1280 g/mol. The van der Waals surface area contributed by atoms with Crippen LogP contribution in [-0.2, 0) is 18.1 Å². The highest BCUT2D eigenvalue weighted by molar-refractivity contribution is 9.10. The van der Waals surface area contributed by atoms with Crippen LogP contribution >= 0.6 is 55.1 Å². The SMILES string of the molecule is Clc1ccc(C2(Br)c3ccccc3-c3ccc(OCCCCCCCCCCCCOCCCCCCCCCCCCOCCCCCCCCCCCCOc4ccc5c(c4)C(Br)(c4ccc(Cl)cc4)c4ccccc4-5)cc32)cc1. The van der Waals surface area contributed by atoms with Gasteiger partial charge in [-0.25, -0.2) is 0 Å². The maximum Gasteiger partial charge on any atom is 0.119 e. The van der Waals surface area contributed by atoms with E-state index in [1.165, 1.54) is 235 Å². The highest BCUT2D eigenvalue weighted by Gasteiger charge is 2.44. The molecule has 0 aromatic heterocycles. The third kappa shape index (κ3) is 18.9. The van der Waals surface area contributed by atoms with Crippen molar-refractivity contribution in [1.29, 1.82) is 0 Å². The van der Waals surface area contributed by atoms with E-state index < -0.39 is 8.65 Å². The van der Waals surface area contributed by atoms with Crippen molar-refractivity contribution < 1.29 is 18.9 Å². The highest BCUT2D eigenvalue weighted by Crippen LogP contribution is 2.58. The van der Waals surface area contributed by atoms with Gasteiger partial charge in [-0.15, -0.1) is 0 Å². The van der Waals surface area contributed by atoms with Crippen LogP contribution in [0.3, 0.4) is 0 Å². The number of alkyl halides is 2. The first-order valence-electron chi connectivity index (χ1n) is 32.2. The number of rotatable bonds is 43. The molecule has 82 heavy (non-hydrogen) atoms. The molecule has 8 heteroatoms. The zero-order valence-electron chi connectivity index (χ0n) is 49.3. The fourth-order valence-electron chi connectivity index (χ4n) is 12.4. The Morgan fingerprint density at radius 2 is 0.524 bits per heavy atom. The largest absolute Gasteiger partial charge is 0.494 e. The second-order valence-corrected chi connectivity index (χ2v) is 26.6. The van der Waals surface area contributed by atoms with E-state index in [0.29, 0.717) is 0 Å². The lowest BCUT2D eigenvalue weighted by Gasteiger charge is -2.26. The second kappa shape index (κ2) is 35.7. The summed E-state index contributed by atoms with van der Waals surface area (Å²) in [5, 5.41) is 1.49. The fraction of sp³-hybridized carbons (Fsp3) is 0.514. The molecule has 0 bridgehead atoms. The molecule has 0 spiro atoms. The maximum absolute atomic E-state index is 6.31. The van der Waals surface area contributed by atoms with Crippen molar-refractivity contribution in [2.75, 3.05) is 39.6 Å². The van der Waals surface area contributed by atoms with E-state index >= 15 is 0 Å². The molecule has 0 saturated carbocycles. The van der Waals surface area contributed by atoms with Gasteiger partial charge in [0.15, 0.2) is 0 Å². The predicted molar refractivity (Wildman–Crippen MR) is 355 cm³/mol. The molecule has 0 aliphatic heterocycles. The second-order valence-electron chi connectivity index (χ2n) is 23.4. The molecule has 0 fully saturated rings. The van der Waals surface area contributed by atoms with E-state index in [4.69, 9.17) is 42.1 Å². The monoisotopic (exact) mass is 1270 g/mol. The van der Waals surface area contributed by atoms with Gasteiger partial charge in [0.25, 0.3) is 0 Å². The van der Waals surface area contributed by atoms with Gasteiger partial charge in [-0.05, 0) is 143 Å². The lowest BCUT2D eigenvalue weighted by molar-refractivity contribution is 0.125. The Balaban J connectivity index is 0.505. The summed E-state index contributed by atoms with van der Waals surface area (Å²) in [6, 6.07) is 46.9. The van der Waals surface area contributed by atoms with Gasteiger partial charge < -0.3 is 18.9 Å². The summed E-state index contributed by atoms with van der Waals surface area (Å²) in [6.07, 6.45) is 39.1. The van der Waals surface area contributed by atoms with Crippen LogP contribution < -0.4 is 9.47 Å². The van der Waals surface area contributed by atoms with E-state index in [2.05, 4.69) is 141 Å². The van der Waals surface area contributed by atoms with Crippen LogP contribution in [0.5, 0.6) is 11.5 Å². The standard InChI is InChI=1S/C74H94Br2Cl2O4/c75-73(59-39-43-61(77)44-40-59)69-37-27-25-35-65(69)67-49-47-63(57-71(67)73)81-55-33-23-17-11-5-3-9-15-21-31-53-79-51-29-19-13-7-1-2-8-14-20-30-52-80-54-32-22-16-10-4-6-12-18-24-34-56-82-64-48-50-68-66-36-26-28-38-70(66)74(76,72(68)58-64)60-41-45-62(78)46-42-60/h25-28,35-50,57-58H,1-24,29-34,51-56H2. The molecule has 2 aliphatic rings. The average Bonchev–Trinajstić information content (AvgIpc) is 2.75. The molecular formula is C74H94Br2Cl2O4. The van der Waals surface area contributed by atoms with E-state index in [1.54, 1.807) is 0 Å². The van der Waals surface area contributed by atoms with Crippen molar-refractivity contribution in [2.45, 2.75) is 201 Å². The molecule has 0 saturated heterocycles. The van der Waals surface area contributed by atoms with Crippen LogP contribution in [0.25, 0.3) is 22.3 Å². The lowest BCUT2D eigenvalue weighted by atomic mass is 9.89. The van der Waals surface area contributed by atoms with Crippen LogP contribution in [0.2, 0.25) is 10.0 Å². The summed E-state index contributed by atoms with van der Waals surface area (Å²) in [6.45, 7) is 5.28. The van der Waals surface area contributed by atoms with E-state index in [0.717, 1.165) is 74.0 Å². The first kappa shape index (κ1) is 64.4. The number of halogens is 4. The molecule has 0 amide bonds. The van der Waals surface area contributed by atoms with Crippen LogP contribution in [-0.4, -0.2) is 39.6 Å². The number of hydrogen-bond acceptors (Lipinski definition) is 4. The van der Waals surface area contributed by atoms with Gasteiger partial charge in [0.2, 0.25) is 0 Å². The first-order valence-corrected chi connectivity index (χ1v) is 34.5. The van der Waals surface area contributed by atoms with Gasteiger partial charge in [-0.1, -0.05) is 294 Å². The molecule has 0 N–H and O–H groups in total. The molecule has 8 rings (SSSR count). The molecule has 0 radical (unpaired) electrons. The first-order chi connectivity index (χ1) is 40.4. The topological polar surface area (TPSA) is 36.9 Å². The Hall–Kier alpha value is -3.62. The summed E-state index contributed by atoms with van der Waals surface area (Å²) in [5.41, 5.74) is 12.4. The number of ether oxygens (including phenoxy) is 4. The Morgan fingerprint density at radius 1 is 0.268 bits per heavy atom. The van der Waals surface area contributed by atoms with Gasteiger partial charge in [0, 0.05) is 36.5 Å². The maximum atomic E-state index is 6.31. The highest BCUT2D eigenvalue weighted by atomic mass is 79.9. The quantitative estimate of drug-likeness (QED) is 0.0282. The zero-order valence-corrected chi connectivity index (χ0v) is 54.0. The fourth-order valence-corrected chi connectivity index (χ4v) is 14.5. The van der Waals surface area contributed by atoms with Gasteiger partial charge in [0.05, 0.1) is 13.2 Å². The van der Waals surface area contributed by atoms with Crippen LogP contribution in [0.1, 0.15) is 226 Å². The Kier molecular flexibility index (Phi) is 28.1. The summed E-state index contributed by atoms with van der Waals surface area (Å²) in [4.78, 5) is 0. The molecule has 2 unspecified atom stereocenters. The van der Waals surface area contributed by atoms with E-state index in [1.807, 2.05) is 24.3 Å². The number of benzene rings is 6. The van der Waals surface area contributed by atoms with Crippen molar-refractivity contribution in [3.05, 3.63) is 177 Å². The van der Waals surface area contributed by atoms with Crippen LogP contribution in [0, 0.1) is 0 Å². The van der Waals surface area contributed by atoms with Crippen molar-refractivity contribution >= 4 is 55.1 Å². The van der Waals surface area contributed by atoms with Crippen LogP contribution in [0.4, 0.5) is 0 Å². The van der Waals surface area contributed by atoms with Gasteiger partial charge in [0.1, 0.15) is 20.1 Å². The summed E-state index contributed by atoms with van der Waals surface area (Å²) < 4.78 is 23.7. The molecule has 4 nitrogen and oxygen atoms in total. The molecule has 442 valence electrons. The normalized spacial score (nSPS) is 15.8. The Morgan fingerprint density at radius 3 is 0.829 bits per heavy atom. The summed E-state index contributed by atoms with van der Waals surface area (Å²) in [7, 11) is 0. The minimum absolute atomic E-state index is 0.425. The molecular weight excluding hydrogens is 1180 g/mol. The number of unbranched alkanes of at least 4 members (excludes halogenated alkanes) is 27. The zero-order chi connectivity index (χ0) is 56.9. The molecule has 6 aromatic rings. The lowest BCUT2D eigenvalue weighted by Crippen LogP contribution is -2.18. The summed E-state index contributed by atoms with van der Waals surface area (Å²) >= 11 is 20.9. The molecule has 2 atom stereocenters.